The van der Waals surface area contributed by atoms with Crippen LogP contribution in [0.3, 0.4) is 0 Å². The molecule has 0 aliphatic carbocycles. The van der Waals surface area contributed by atoms with E-state index in [1.807, 2.05) is 0 Å². The molecule has 3 radical (unpaired) electrons. The van der Waals surface area contributed by atoms with Crippen molar-refractivity contribution in [3.05, 3.63) is 7.18 Å². The van der Waals surface area contributed by atoms with Crippen LogP contribution in [0, 0.1) is 7.18 Å². The van der Waals surface area contributed by atoms with Crippen LogP contribution in [0.4, 0.5) is 9.18 Å². The summed E-state index contributed by atoms with van der Waals surface area (Å²) in [6.45, 7) is 0. The molecule has 0 aromatic carbocycles. The van der Waals surface area contributed by atoms with Gasteiger partial charge >= 0.3 is 6.16 Å². The second-order valence-corrected chi connectivity index (χ2v) is 0.283. The Labute approximate surface area is 34.0 Å². The van der Waals surface area contributed by atoms with E-state index in [-0.39, 0.29) is 0 Å². The predicted molar refractivity (Wildman–Crippen MR) is 15.0 cm³/mol. The smallest absolute Gasteiger partial charge is 0.450 e. The van der Waals surface area contributed by atoms with Crippen LogP contribution in [0.15, 0.2) is 0 Å². The molecule has 0 saturated heterocycles. The fourth-order valence-corrected chi connectivity index (χ4v) is 0. The summed E-state index contributed by atoms with van der Waals surface area (Å²) in [6.07, 6.45) is -1.83. The number of carbonyl (C=O) groups is 1. The molecule has 0 rings (SSSR count). The first-order valence-electron chi connectivity index (χ1n) is 0.840. The van der Waals surface area contributed by atoms with Gasteiger partial charge in [0.15, 0.2) is 0 Å². The highest BCUT2D eigenvalue weighted by Gasteiger charge is 1.70. The third kappa shape index (κ3) is 24.2. The van der Waals surface area contributed by atoms with Gasteiger partial charge in [0.05, 0.1) is 0 Å². The van der Waals surface area contributed by atoms with Gasteiger partial charge in [-0.15, -0.1) is 0 Å². The van der Waals surface area contributed by atoms with E-state index < -0.39 is 6.16 Å². The fourth-order valence-electron chi connectivity index (χ4n) is 0. The zero-order valence-electron chi connectivity index (χ0n) is 2.68. The van der Waals surface area contributed by atoms with E-state index in [9.17, 15) is 0 Å². The van der Waals surface area contributed by atoms with Gasteiger partial charge in [-0.1, -0.05) is 0 Å². The van der Waals surface area contributed by atoms with Crippen molar-refractivity contribution in [1.29, 1.82) is 0 Å². The van der Waals surface area contributed by atoms with Crippen LogP contribution in [0.25, 0.3) is 0 Å². The maximum absolute atomic E-state index is 8.75. The number of rotatable bonds is 0. The average Bonchev–Trinajstić information content (AvgIpc) is 1.41. The summed E-state index contributed by atoms with van der Waals surface area (Å²) in [7, 11) is 4.25. The topological polar surface area (TPSA) is 57.5 Å². The first kappa shape index (κ1) is 8.96. The maximum atomic E-state index is 8.75. The molecule has 3 nitrogen and oxygen atoms in total. The van der Waals surface area contributed by atoms with E-state index >= 15 is 0 Å². The van der Waals surface area contributed by atoms with Crippen molar-refractivity contribution in [3.8, 4) is 0 Å². The van der Waals surface area contributed by atoms with Crippen LogP contribution >= 0.6 is 0 Å². The van der Waals surface area contributed by atoms with Crippen LogP contribution in [-0.2, 0) is 0 Å². The molecule has 0 aromatic rings. The number of hydrogen-bond acceptors (Lipinski definition) is 1. The lowest BCUT2D eigenvalue weighted by molar-refractivity contribution is 0.137. The van der Waals surface area contributed by atoms with E-state index in [2.05, 4.69) is 7.18 Å². The minimum atomic E-state index is -1.83. The summed E-state index contributed by atoms with van der Waals surface area (Å²) in [5.41, 5.74) is 0. The van der Waals surface area contributed by atoms with Crippen LogP contribution in [-0.4, -0.2) is 16.4 Å². The van der Waals surface area contributed by atoms with Crippen LogP contribution < -0.4 is 0 Å². The Morgan fingerprint density at radius 1 is 1.50 bits per heavy atom. The summed E-state index contributed by atoms with van der Waals surface area (Å²) in [5, 5.41) is 13.9. The van der Waals surface area contributed by atoms with E-state index in [0.29, 0.717) is 0 Å². The number of hydrogen-bond donors (Lipinski definition) is 2. The molecule has 35 valence electrons. The molecule has 0 aliphatic heterocycles. The Kier molecular flexibility index (Phi) is 13.3. The molecular weight excluding hydrogens is 91.0 g/mol. The first-order chi connectivity index (χ1) is 2.73. The van der Waals surface area contributed by atoms with Crippen molar-refractivity contribution in [2.45, 2.75) is 0 Å². The summed E-state index contributed by atoms with van der Waals surface area (Å²) in [4.78, 5) is 8.56. The molecule has 6 heavy (non-hydrogen) atoms. The Balaban J connectivity index is 0. The van der Waals surface area contributed by atoms with Crippen molar-refractivity contribution in [2.24, 2.45) is 0 Å². The monoisotopic (exact) mass is 93.0 g/mol. The number of halogens is 1. The van der Waals surface area contributed by atoms with Gasteiger partial charge in [-0.25, -0.2) is 9.18 Å². The molecule has 2 N–H and O–H groups in total. The molecule has 4 heteroatoms. The highest BCUT2D eigenvalue weighted by molar-refractivity contribution is 5.53. The molecule has 0 bridgehead atoms. The minimum absolute atomic E-state index is 1.83. The van der Waals surface area contributed by atoms with E-state index in [1.165, 1.54) is 0 Å². The van der Waals surface area contributed by atoms with Crippen molar-refractivity contribution in [3.63, 3.8) is 0 Å². The Hall–Kier alpha value is -0.800. The lowest BCUT2D eigenvalue weighted by atomic mass is 11.5. The third-order valence-corrected chi connectivity index (χ3v) is 0. The van der Waals surface area contributed by atoms with Crippen molar-refractivity contribution < 1.29 is 19.4 Å². The quantitative estimate of drug-likeness (QED) is 0.464. The van der Waals surface area contributed by atoms with Crippen molar-refractivity contribution in [1.82, 2.24) is 0 Å². The van der Waals surface area contributed by atoms with Gasteiger partial charge in [-0.3, -0.25) is 0 Å². The minimum Gasteiger partial charge on any atom is -0.450 e. The Morgan fingerprint density at radius 3 is 1.50 bits per heavy atom. The fraction of sp³-hybridized carbons (Fsp3) is 0. The van der Waals surface area contributed by atoms with Gasteiger partial charge in [0, 0.05) is 0 Å². The highest BCUT2D eigenvalue weighted by Crippen LogP contribution is 1.42. The second-order valence-electron chi connectivity index (χ2n) is 0.283. The molecule has 0 unspecified atom stereocenters. The molecule has 0 aliphatic rings. The van der Waals surface area contributed by atoms with Crippen LogP contribution in [0.5, 0.6) is 0 Å². The number of carboxylic acid groups (broad SMARTS) is 2. The van der Waals surface area contributed by atoms with Gasteiger partial charge in [0.25, 0.3) is 0 Å². The van der Waals surface area contributed by atoms with E-state index in [4.69, 9.17) is 19.4 Å². The summed E-state index contributed by atoms with van der Waals surface area (Å²) in [6, 6.07) is 0. The SMILES string of the molecule is O=C(O)O.[C]F. The molecule has 0 amide bonds. The summed E-state index contributed by atoms with van der Waals surface area (Å²) < 4.78 is 8.75. The lowest BCUT2D eigenvalue weighted by Gasteiger charge is -1.60. The molecule has 0 heterocycles. The largest absolute Gasteiger partial charge is 0.503 e. The van der Waals surface area contributed by atoms with E-state index in [1.54, 1.807) is 0 Å². The Morgan fingerprint density at radius 2 is 1.50 bits per heavy atom. The van der Waals surface area contributed by atoms with Crippen LogP contribution in [0.2, 0.25) is 0 Å². The van der Waals surface area contributed by atoms with Gasteiger partial charge < -0.3 is 10.2 Å². The van der Waals surface area contributed by atoms with Gasteiger partial charge in [0.2, 0.25) is 7.18 Å². The average molecular weight is 93.0 g/mol. The normalized spacial score (nSPS) is 5.00. The molecule has 0 aromatic heterocycles. The predicted octanol–water partition coefficient (Wildman–Crippen LogP) is 0.724. The molecular formula is C2H2FO3. The Bertz CT molecular complexity index is 31.8. The highest BCUT2D eigenvalue weighted by atomic mass is 19.1. The van der Waals surface area contributed by atoms with Crippen LogP contribution in [0.1, 0.15) is 0 Å². The standard InChI is InChI=1S/CF.CH2O3/c1-2;2-1(3)4/h;(H2,2,3,4). The van der Waals surface area contributed by atoms with Gasteiger partial charge in [-0.2, -0.15) is 0 Å². The van der Waals surface area contributed by atoms with Gasteiger partial charge in [0.1, 0.15) is 0 Å². The van der Waals surface area contributed by atoms with Crippen molar-refractivity contribution in [2.75, 3.05) is 0 Å². The van der Waals surface area contributed by atoms with Gasteiger partial charge in [-0.05, 0) is 0 Å². The molecule has 0 fully saturated rings. The summed E-state index contributed by atoms with van der Waals surface area (Å²) >= 11 is 0. The first-order valence-corrected chi connectivity index (χ1v) is 0.840. The molecule has 0 saturated carbocycles. The second kappa shape index (κ2) is 8.89. The lowest BCUT2D eigenvalue weighted by Crippen LogP contribution is -1.81. The zero-order chi connectivity index (χ0) is 5.58. The third-order valence-electron chi connectivity index (χ3n) is 0. The summed E-state index contributed by atoms with van der Waals surface area (Å²) in [5.74, 6) is 0. The van der Waals surface area contributed by atoms with E-state index in [0.717, 1.165) is 0 Å². The van der Waals surface area contributed by atoms with Crippen molar-refractivity contribution >= 4 is 6.16 Å². The molecule has 0 spiro atoms. The maximum Gasteiger partial charge on any atom is 0.503 e. The zero-order valence-corrected chi connectivity index (χ0v) is 2.68. The molecule has 0 atom stereocenters.